The van der Waals surface area contributed by atoms with Crippen molar-refractivity contribution in [2.75, 3.05) is 14.1 Å². The van der Waals surface area contributed by atoms with E-state index in [9.17, 15) is 4.79 Å². The molecule has 18 heavy (non-hydrogen) atoms. The summed E-state index contributed by atoms with van der Waals surface area (Å²) in [6, 6.07) is 0. The number of aromatic nitrogens is 1. The van der Waals surface area contributed by atoms with Crippen LogP contribution in [0.1, 0.15) is 45.3 Å². The molecule has 0 atom stereocenters. The number of likely N-dealkylation sites (N-methyl/N-ethyl adjacent to an activating group) is 1. The van der Waals surface area contributed by atoms with E-state index < -0.39 is 5.54 Å². The van der Waals surface area contributed by atoms with Crippen LogP contribution in [0, 0.1) is 0 Å². The number of hydrogen-bond acceptors (Lipinski definition) is 4. The number of hydrogen-bond donors (Lipinski definition) is 0. The second-order valence-corrected chi connectivity index (χ2v) is 7.37. The van der Waals surface area contributed by atoms with Gasteiger partial charge in [-0.1, -0.05) is 20.8 Å². The fourth-order valence-electron chi connectivity index (χ4n) is 1.34. The van der Waals surface area contributed by atoms with Gasteiger partial charge in [0.05, 0.1) is 17.7 Å². The summed E-state index contributed by atoms with van der Waals surface area (Å²) in [4.78, 5) is 18.8. The molecule has 102 valence electrons. The van der Waals surface area contributed by atoms with E-state index in [1.807, 2.05) is 32.8 Å². The zero-order chi connectivity index (χ0) is 14.1. The number of carbonyl (C=O) groups excluding carboxylic acids is 1. The Labute approximate surface area is 114 Å². The Morgan fingerprint density at radius 3 is 2.22 bits per heavy atom. The fourth-order valence-corrected chi connectivity index (χ4v) is 2.36. The lowest BCUT2D eigenvalue weighted by atomic mass is 9.93. The first-order valence-electron chi connectivity index (χ1n) is 6.20. The van der Waals surface area contributed by atoms with Crippen LogP contribution in [-0.2, 0) is 16.6 Å². The maximum absolute atomic E-state index is 12.3. The summed E-state index contributed by atoms with van der Waals surface area (Å²) in [5.74, 6) is 0.210. The molecule has 3 nitrogen and oxygen atoms in total. The minimum atomic E-state index is -0.437. The Hall–Kier alpha value is -0.740. The number of rotatable bonds is 4. The van der Waals surface area contributed by atoms with Gasteiger partial charge in [-0.2, -0.15) is 0 Å². The number of thiazole rings is 1. The average Bonchev–Trinajstić information content (AvgIpc) is 2.65. The van der Waals surface area contributed by atoms with E-state index in [2.05, 4.69) is 31.1 Å². The van der Waals surface area contributed by atoms with Gasteiger partial charge >= 0.3 is 0 Å². The SMILES string of the molecule is CN(C)C(C)(C)C(=O)Cc1nc(C(C)(C)C)cs1. The Balaban J connectivity index is 2.81. The molecule has 1 rings (SSSR count). The molecule has 1 aromatic heterocycles. The third-order valence-electron chi connectivity index (χ3n) is 3.43. The van der Waals surface area contributed by atoms with Gasteiger partial charge in [0.25, 0.3) is 0 Å². The summed E-state index contributed by atoms with van der Waals surface area (Å²) in [6.07, 6.45) is 0.423. The molecule has 0 aliphatic carbocycles. The van der Waals surface area contributed by atoms with Gasteiger partial charge in [0.15, 0.2) is 5.78 Å². The van der Waals surface area contributed by atoms with Crippen molar-refractivity contribution in [1.29, 1.82) is 0 Å². The first kappa shape index (κ1) is 15.3. The quantitative estimate of drug-likeness (QED) is 0.842. The monoisotopic (exact) mass is 268 g/mol. The predicted octanol–water partition coefficient (Wildman–Crippen LogP) is 2.89. The highest BCUT2D eigenvalue weighted by molar-refractivity contribution is 7.09. The molecule has 0 saturated heterocycles. The maximum Gasteiger partial charge on any atom is 0.159 e. The zero-order valence-corrected chi connectivity index (χ0v) is 13.3. The van der Waals surface area contributed by atoms with Crippen LogP contribution in [0.15, 0.2) is 5.38 Å². The second kappa shape index (κ2) is 5.10. The summed E-state index contributed by atoms with van der Waals surface area (Å²) >= 11 is 1.58. The van der Waals surface area contributed by atoms with E-state index in [0.717, 1.165) is 10.7 Å². The van der Waals surface area contributed by atoms with E-state index in [1.165, 1.54) is 0 Å². The van der Waals surface area contributed by atoms with Gasteiger partial charge in [-0.25, -0.2) is 4.98 Å². The lowest BCUT2D eigenvalue weighted by molar-refractivity contribution is -0.127. The summed E-state index contributed by atoms with van der Waals surface area (Å²) in [6.45, 7) is 10.3. The zero-order valence-electron chi connectivity index (χ0n) is 12.5. The average molecular weight is 268 g/mol. The predicted molar refractivity (Wildman–Crippen MR) is 77.3 cm³/mol. The third kappa shape index (κ3) is 3.39. The number of nitrogens with zero attached hydrogens (tertiary/aromatic N) is 2. The molecule has 0 spiro atoms. The normalized spacial score (nSPS) is 13.1. The largest absolute Gasteiger partial charge is 0.298 e. The minimum Gasteiger partial charge on any atom is -0.298 e. The molecule has 0 aromatic carbocycles. The van der Waals surface area contributed by atoms with Crippen molar-refractivity contribution < 1.29 is 4.79 Å². The molecule has 0 unspecified atom stereocenters. The molecule has 0 aliphatic rings. The van der Waals surface area contributed by atoms with Gasteiger partial charge in [-0.3, -0.25) is 9.69 Å². The molecular weight excluding hydrogens is 244 g/mol. The van der Waals surface area contributed by atoms with Crippen molar-refractivity contribution in [3.05, 3.63) is 16.1 Å². The van der Waals surface area contributed by atoms with Gasteiger partial charge in [0.1, 0.15) is 5.01 Å². The Morgan fingerprint density at radius 2 is 1.83 bits per heavy atom. The van der Waals surface area contributed by atoms with Crippen molar-refractivity contribution in [3.8, 4) is 0 Å². The van der Waals surface area contributed by atoms with E-state index in [-0.39, 0.29) is 11.2 Å². The molecule has 0 radical (unpaired) electrons. The minimum absolute atomic E-state index is 0.0505. The molecule has 1 heterocycles. The highest BCUT2D eigenvalue weighted by Gasteiger charge is 2.30. The summed E-state index contributed by atoms with van der Waals surface area (Å²) in [5.41, 5.74) is 0.681. The molecule has 0 N–H and O–H groups in total. The molecule has 0 bridgehead atoms. The van der Waals surface area contributed by atoms with E-state index >= 15 is 0 Å². The van der Waals surface area contributed by atoms with Gasteiger partial charge in [-0.05, 0) is 27.9 Å². The number of Topliss-reactive ketones (excluding diaryl/α,β-unsaturated/α-hetero) is 1. The van der Waals surface area contributed by atoms with E-state index in [0.29, 0.717) is 6.42 Å². The summed E-state index contributed by atoms with van der Waals surface area (Å²) < 4.78 is 0. The Kier molecular flexibility index (Phi) is 4.34. The van der Waals surface area contributed by atoms with E-state index in [1.54, 1.807) is 11.3 Å². The van der Waals surface area contributed by atoms with Gasteiger partial charge < -0.3 is 0 Å². The standard InChI is InChI=1S/C14H24N2OS/c1-13(2,3)10-9-18-12(15-10)8-11(17)14(4,5)16(6)7/h9H,8H2,1-7H3. The van der Waals surface area contributed by atoms with Crippen LogP contribution in [0.2, 0.25) is 0 Å². The van der Waals surface area contributed by atoms with Crippen LogP contribution in [0.3, 0.4) is 0 Å². The lowest BCUT2D eigenvalue weighted by Gasteiger charge is -2.30. The smallest absolute Gasteiger partial charge is 0.159 e. The molecule has 4 heteroatoms. The van der Waals surface area contributed by atoms with Gasteiger partial charge in [-0.15, -0.1) is 11.3 Å². The summed E-state index contributed by atoms with van der Waals surface area (Å²) in [7, 11) is 3.86. The van der Waals surface area contributed by atoms with Crippen molar-refractivity contribution in [2.24, 2.45) is 0 Å². The van der Waals surface area contributed by atoms with Crippen molar-refractivity contribution in [2.45, 2.75) is 52.0 Å². The van der Waals surface area contributed by atoms with Crippen molar-refractivity contribution in [1.82, 2.24) is 9.88 Å². The molecular formula is C14H24N2OS. The fraction of sp³-hybridized carbons (Fsp3) is 0.714. The first-order valence-corrected chi connectivity index (χ1v) is 7.08. The lowest BCUT2D eigenvalue weighted by Crippen LogP contribution is -2.46. The number of carbonyl (C=O) groups is 1. The van der Waals surface area contributed by atoms with Crippen molar-refractivity contribution in [3.63, 3.8) is 0 Å². The highest BCUT2D eigenvalue weighted by atomic mass is 32.1. The van der Waals surface area contributed by atoms with Crippen LogP contribution in [0.25, 0.3) is 0 Å². The number of ketones is 1. The van der Waals surface area contributed by atoms with Crippen LogP contribution in [-0.4, -0.2) is 35.3 Å². The molecule has 0 fully saturated rings. The van der Waals surface area contributed by atoms with E-state index in [4.69, 9.17) is 0 Å². The molecule has 0 amide bonds. The van der Waals surface area contributed by atoms with Crippen LogP contribution < -0.4 is 0 Å². The van der Waals surface area contributed by atoms with Gasteiger partial charge in [0, 0.05) is 10.8 Å². The van der Waals surface area contributed by atoms with Crippen LogP contribution >= 0.6 is 11.3 Å². The highest BCUT2D eigenvalue weighted by Crippen LogP contribution is 2.25. The Morgan fingerprint density at radius 1 is 1.28 bits per heavy atom. The van der Waals surface area contributed by atoms with Crippen molar-refractivity contribution >= 4 is 17.1 Å². The molecule has 0 aliphatic heterocycles. The third-order valence-corrected chi connectivity index (χ3v) is 4.28. The molecule has 0 saturated carbocycles. The molecule has 1 aromatic rings. The van der Waals surface area contributed by atoms with Crippen LogP contribution in [0.4, 0.5) is 0 Å². The van der Waals surface area contributed by atoms with Gasteiger partial charge in [0.2, 0.25) is 0 Å². The first-order chi connectivity index (χ1) is 8.05. The summed E-state index contributed by atoms with van der Waals surface area (Å²) in [5, 5.41) is 2.98. The topological polar surface area (TPSA) is 33.2 Å². The Bertz CT molecular complexity index is 427. The second-order valence-electron chi connectivity index (χ2n) is 6.43. The van der Waals surface area contributed by atoms with Crippen LogP contribution in [0.5, 0.6) is 0 Å². The maximum atomic E-state index is 12.3.